The Morgan fingerprint density at radius 3 is 2.75 bits per heavy atom. The molecule has 0 unspecified atom stereocenters. The van der Waals surface area contributed by atoms with Gasteiger partial charge in [0, 0.05) is 15.7 Å². The lowest BCUT2D eigenvalue weighted by molar-refractivity contribution is 0.102. The molecule has 1 heterocycles. The van der Waals surface area contributed by atoms with Crippen molar-refractivity contribution in [1.82, 2.24) is 4.98 Å². The molecule has 104 valence electrons. The SMILES string of the molecule is COc1ccc(Br)cc1NC(=O)c1cc(C)nc(N)c1. The van der Waals surface area contributed by atoms with E-state index < -0.39 is 0 Å². The molecule has 0 fully saturated rings. The van der Waals surface area contributed by atoms with E-state index in [9.17, 15) is 4.79 Å². The van der Waals surface area contributed by atoms with Crippen molar-refractivity contribution in [1.29, 1.82) is 0 Å². The van der Waals surface area contributed by atoms with Gasteiger partial charge in [0.2, 0.25) is 0 Å². The fraction of sp³-hybridized carbons (Fsp3) is 0.143. The van der Waals surface area contributed by atoms with Crippen LogP contribution < -0.4 is 15.8 Å². The Balaban J connectivity index is 2.29. The zero-order chi connectivity index (χ0) is 14.7. The molecule has 3 N–H and O–H groups in total. The van der Waals surface area contributed by atoms with Crippen LogP contribution in [0.3, 0.4) is 0 Å². The summed E-state index contributed by atoms with van der Waals surface area (Å²) in [5.41, 5.74) is 7.38. The fourth-order valence-corrected chi connectivity index (χ4v) is 2.16. The molecule has 1 aromatic heterocycles. The molecule has 0 bridgehead atoms. The second-order valence-electron chi connectivity index (χ2n) is 4.22. The third-order valence-electron chi connectivity index (χ3n) is 2.65. The topological polar surface area (TPSA) is 77.2 Å². The number of pyridine rings is 1. The van der Waals surface area contributed by atoms with Crippen molar-refractivity contribution in [3.8, 4) is 5.75 Å². The number of aryl methyl sites for hydroxylation is 1. The lowest BCUT2D eigenvalue weighted by atomic mass is 10.2. The summed E-state index contributed by atoms with van der Waals surface area (Å²) in [7, 11) is 1.55. The number of nitrogens with one attached hydrogen (secondary N) is 1. The van der Waals surface area contributed by atoms with E-state index in [1.165, 1.54) is 6.07 Å². The Hall–Kier alpha value is -2.08. The van der Waals surface area contributed by atoms with E-state index in [0.717, 1.165) is 4.47 Å². The highest BCUT2D eigenvalue weighted by molar-refractivity contribution is 9.10. The first-order chi connectivity index (χ1) is 9.49. The Morgan fingerprint density at radius 2 is 2.10 bits per heavy atom. The van der Waals surface area contributed by atoms with E-state index in [0.29, 0.717) is 28.5 Å². The molecule has 0 radical (unpaired) electrons. The maximum atomic E-state index is 12.2. The largest absolute Gasteiger partial charge is 0.495 e. The molecule has 0 spiro atoms. The number of nitrogens with zero attached hydrogens (tertiary/aromatic N) is 1. The van der Waals surface area contributed by atoms with Gasteiger partial charge >= 0.3 is 0 Å². The summed E-state index contributed by atoms with van der Waals surface area (Å²) in [5.74, 6) is 0.634. The number of halogens is 1. The molecule has 2 aromatic rings. The lowest BCUT2D eigenvalue weighted by Crippen LogP contribution is -2.13. The Labute approximate surface area is 125 Å². The number of aromatic nitrogens is 1. The molecule has 0 saturated heterocycles. The first-order valence-corrected chi connectivity index (χ1v) is 6.68. The van der Waals surface area contributed by atoms with Crippen LogP contribution in [0.15, 0.2) is 34.8 Å². The lowest BCUT2D eigenvalue weighted by Gasteiger charge is -2.11. The first-order valence-electron chi connectivity index (χ1n) is 5.88. The van der Waals surface area contributed by atoms with E-state index >= 15 is 0 Å². The second kappa shape index (κ2) is 5.92. The van der Waals surface area contributed by atoms with Crippen LogP contribution >= 0.6 is 15.9 Å². The summed E-state index contributed by atoms with van der Waals surface area (Å²) in [6, 6.07) is 8.59. The normalized spacial score (nSPS) is 10.2. The summed E-state index contributed by atoms with van der Waals surface area (Å²) in [6.07, 6.45) is 0. The van der Waals surface area contributed by atoms with Gasteiger partial charge in [-0.1, -0.05) is 15.9 Å². The third kappa shape index (κ3) is 3.27. The van der Waals surface area contributed by atoms with Crippen molar-refractivity contribution in [2.45, 2.75) is 6.92 Å². The second-order valence-corrected chi connectivity index (χ2v) is 5.14. The van der Waals surface area contributed by atoms with Crippen LogP contribution in [0, 0.1) is 6.92 Å². The molecule has 20 heavy (non-hydrogen) atoms. The highest BCUT2D eigenvalue weighted by atomic mass is 79.9. The van der Waals surface area contributed by atoms with Crippen LogP contribution in [-0.2, 0) is 0 Å². The van der Waals surface area contributed by atoms with E-state index in [2.05, 4.69) is 26.2 Å². The molecule has 2 rings (SSSR count). The van der Waals surface area contributed by atoms with E-state index in [1.54, 1.807) is 32.2 Å². The first kappa shape index (κ1) is 14.3. The van der Waals surface area contributed by atoms with Crippen LogP contribution in [0.4, 0.5) is 11.5 Å². The molecule has 1 amide bonds. The van der Waals surface area contributed by atoms with Gasteiger partial charge in [-0.25, -0.2) is 4.98 Å². The standard InChI is InChI=1S/C14H14BrN3O2/c1-8-5-9(6-13(16)17-8)14(19)18-11-7-10(15)3-4-12(11)20-2/h3-7H,1-2H3,(H2,16,17)(H,18,19). The van der Waals surface area contributed by atoms with E-state index in [4.69, 9.17) is 10.5 Å². The van der Waals surface area contributed by atoms with Gasteiger partial charge in [-0.2, -0.15) is 0 Å². The van der Waals surface area contributed by atoms with Gasteiger partial charge in [0.05, 0.1) is 12.8 Å². The van der Waals surface area contributed by atoms with Gasteiger partial charge in [-0.15, -0.1) is 0 Å². The number of nitrogen functional groups attached to an aromatic ring is 1. The molecule has 6 heteroatoms. The highest BCUT2D eigenvalue weighted by Gasteiger charge is 2.11. The van der Waals surface area contributed by atoms with Gasteiger partial charge in [0.1, 0.15) is 11.6 Å². The highest BCUT2D eigenvalue weighted by Crippen LogP contribution is 2.28. The average Bonchev–Trinajstić information content (AvgIpc) is 2.37. The number of hydrogen-bond donors (Lipinski definition) is 2. The Morgan fingerprint density at radius 1 is 1.35 bits per heavy atom. The monoisotopic (exact) mass is 335 g/mol. The molecule has 0 aliphatic rings. The van der Waals surface area contributed by atoms with Crippen LogP contribution in [0.2, 0.25) is 0 Å². The maximum Gasteiger partial charge on any atom is 0.255 e. The van der Waals surface area contributed by atoms with Crippen molar-refractivity contribution in [2.24, 2.45) is 0 Å². The number of benzene rings is 1. The van der Waals surface area contributed by atoms with Crippen molar-refractivity contribution < 1.29 is 9.53 Å². The summed E-state index contributed by atoms with van der Waals surface area (Å²) in [4.78, 5) is 16.3. The quantitative estimate of drug-likeness (QED) is 0.903. The van der Waals surface area contributed by atoms with Crippen molar-refractivity contribution in [3.63, 3.8) is 0 Å². The molecule has 1 aromatic carbocycles. The van der Waals surface area contributed by atoms with Gasteiger partial charge in [0.25, 0.3) is 5.91 Å². The fourth-order valence-electron chi connectivity index (χ4n) is 1.80. The summed E-state index contributed by atoms with van der Waals surface area (Å²) < 4.78 is 6.06. The van der Waals surface area contributed by atoms with Gasteiger partial charge in [-0.3, -0.25) is 4.79 Å². The van der Waals surface area contributed by atoms with Gasteiger partial charge < -0.3 is 15.8 Å². The number of ether oxygens (including phenoxy) is 1. The third-order valence-corrected chi connectivity index (χ3v) is 3.14. The number of carbonyl (C=O) groups is 1. The Bertz CT molecular complexity index is 639. The maximum absolute atomic E-state index is 12.2. The molecular formula is C14H14BrN3O2. The van der Waals surface area contributed by atoms with Crippen LogP contribution in [0.25, 0.3) is 0 Å². The molecule has 0 aliphatic carbocycles. The minimum atomic E-state index is -0.265. The van der Waals surface area contributed by atoms with Crippen molar-refractivity contribution >= 4 is 33.3 Å². The summed E-state index contributed by atoms with van der Waals surface area (Å²) in [6.45, 7) is 1.78. The van der Waals surface area contributed by atoms with Crippen molar-refractivity contribution in [3.05, 3.63) is 46.1 Å². The zero-order valence-corrected chi connectivity index (χ0v) is 12.7. The van der Waals surface area contributed by atoms with E-state index in [1.807, 2.05) is 6.07 Å². The van der Waals surface area contributed by atoms with Crippen molar-refractivity contribution in [2.75, 3.05) is 18.2 Å². The Kier molecular flexibility index (Phi) is 4.24. The molecule has 0 atom stereocenters. The number of rotatable bonds is 3. The van der Waals surface area contributed by atoms with Crippen LogP contribution in [0.5, 0.6) is 5.75 Å². The smallest absolute Gasteiger partial charge is 0.255 e. The van der Waals surface area contributed by atoms with Crippen LogP contribution in [-0.4, -0.2) is 18.0 Å². The molecular weight excluding hydrogens is 322 g/mol. The predicted molar refractivity (Wildman–Crippen MR) is 82.0 cm³/mol. The minimum Gasteiger partial charge on any atom is -0.495 e. The number of methoxy groups -OCH3 is 1. The summed E-state index contributed by atoms with van der Waals surface area (Å²) in [5, 5.41) is 2.80. The summed E-state index contributed by atoms with van der Waals surface area (Å²) >= 11 is 3.36. The van der Waals surface area contributed by atoms with Gasteiger partial charge in [0.15, 0.2) is 0 Å². The molecule has 0 saturated carbocycles. The number of amides is 1. The minimum absolute atomic E-state index is 0.265. The number of carbonyl (C=O) groups excluding carboxylic acids is 1. The number of hydrogen-bond acceptors (Lipinski definition) is 4. The van der Waals surface area contributed by atoms with E-state index in [-0.39, 0.29) is 5.91 Å². The number of nitrogens with two attached hydrogens (primary N) is 1. The average molecular weight is 336 g/mol. The van der Waals surface area contributed by atoms with Gasteiger partial charge in [-0.05, 0) is 37.3 Å². The number of anilines is 2. The molecule has 5 nitrogen and oxygen atoms in total. The molecule has 0 aliphatic heterocycles. The van der Waals surface area contributed by atoms with Crippen LogP contribution in [0.1, 0.15) is 16.1 Å². The zero-order valence-electron chi connectivity index (χ0n) is 11.1. The predicted octanol–water partition coefficient (Wildman–Crippen LogP) is 3.00.